The monoisotopic (exact) mass is 414 g/mol. The highest BCUT2D eigenvalue weighted by Gasteiger charge is 2.23. The summed E-state index contributed by atoms with van der Waals surface area (Å²) in [5.74, 6) is 2.51. The third-order valence-electron chi connectivity index (χ3n) is 5.20. The summed E-state index contributed by atoms with van der Waals surface area (Å²) in [6, 6.07) is 24.1. The second kappa shape index (κ2) is 7.76. The number of methoxy groups -OCH3 is 1. The maximum Gasteiger partial charge on any atom is 0.159 e. The third kappa shape index (κ3) is 3.37. The molecule has 5 nitrogen and oxygen atoms in total. The van der Waals surface area contributed by atoms with Gasteiger partial charge >= 0.3 is 0 Å². The van der Waals surface area contributed by atoms with E-state index < -0.39 is 0 Å². The van der Waals surface area contributed by atoms with Gasteiger partial charge in [-0.25, -0.2) is 0 Å². The summed E-state index contributed by atoms with van der Waals surface area (Å²) in [6.07, 6.45) is 0.653. The van der Waals surface area contributed by atoms with Gasteiger partial charge in [-0.15, -0.1) is 10.2 Å². The maximum atomic E-state index is 6.37. The molecule has 0 atom stereocenters. The Hall–Kier alpha value is -3.44. The van der Waals surface area contributed by atoms with Crippen molar-refractivity contribution in [2.75, 3.05) is 7.11 Å². The van der Waals surface area contributed by atoms with E-state index in [0.29, 0.717) is 18.0 Å². The van der Waals surface area contributed by atoms with Gasteiger partial charge in [0, 0.05) is 22.6 Å². The molecule has 0 aliphatic carbocycles. The SMILES string of the molecule is COc1ccc(Cc2nnc3n2-c2ccc(Cl)cc2C(c2ccccc2)=NC3)cc1. The summed E-state index contributed by atoms with van der Waals surface area (Å²) in [7, 11) is 1.67. The molecule has 0 bridgehead atoms. The summed E-state index contributed by atoms with van der Waals surface area (Å²) in [4.78, 5) is 4.88. The smallest absolute Gasteiger partial charge is 0.159 e. The molecule has 0 amide bonds. The summed E-state index contributed by atoms with van der Waals surface area (Å²) in [5, 5.41) is 9.59. The number of ether oxygens (including phenoxy) is 1. The second-order valence-electron chi connectivity index (χ2n) is 7.09. The van der Waals surface area contributed by atoms with Gasteiger partial charge in [-0.1, -0.05) is 54.1 Å². The van der Waals surface area contributed by atoms with Crippen LogP contribution in [0.25, 0.3) is 5.69 Å². The van der Waals surface area contributed by atoms with Gasteiger partial charge in [-0.3, -0.25) is 9.56 Å². The molecule has 30 heavy (non-hydrogen) atoms. The molecule has 2 heterocycles. The Morgan fingerprint density at radius 3 is 2.53 bits per heavy atom. The highest BCUT2D eigenvalue weighted by atomic mass is 35.5. The van der Waals surface area contributed by atoms with Crippen LogP contribution in [0.3, 0.4) is 0 Å². The molecule has 0 radical (unpaired) electrons. The molecular formula is C24H19ClN4O. The van der Waals surface area contributed by atoms with Gasteiger partial charge in [-0.2, -0.15) is 0 Å². The highest BCUT2D eigenvalue weighted by Crippen LogP contribution is 2.29. The topological polar surface area (TPSA) is 52.3 Å². The number of nitrogens with zero attached hydrogens (tertiary/aromatic N) is 4. The maximum absolute atomic E-state index is 6.37. The standard InChI is InChI=1S/C24H19ClN4O/c1-30-19-10-7-16(8-11-19)13-22-27-28-23-15-26-24(17-5-3-2-4-6-17)20-14-18(25)9-12-21(20)29(22)23/h2-12,14H,13,15H2,1H3. The molecule has 0 spiro atoms. The van der Waals surface area contributed by atoms with Crippen molar-refractivity contribution in [2.45, 2.75) is 13.0 Å². The average molecular weight is 415 g/mol. The fraction of sp³-hybridized carbons (Fsp3) is 0.125. The lowest BCUT2D eigenvalue weighted by Crippen LogP contribution is -2.10. The van der Waals surface area contributed by atoms with Crippen LogP contribution in [0, 0.1) is 0 Å². The minimum absolute atomic E-state index is 0.451. The number of aliphatic imine (C=N–C) groups is 1. The van der Waals surface area contributed by atoms with Crippen molar-refractivity contribution in [3.05, 3.63) is 106 Å². The van der Waals surface area contributed by atoms with Gasteiger partial charge in [0.05, 0.1) is 18.5 Å². The predicted molar refractivity (Wildman–Crippen MR) is 118 cm³/mol. The van der Waals surface area contributed by atoms with Crippen LogP contribution >= 0.6 is 11.6 Å². The molecule has 0 saturated heterocycles. The molecule has 0 fully saturated rings. The third-order valence-corrected chi connectivity index (χ3v) is 5.43. The number of aromatic nitrogens is 3. The zero-order chi connectivity index (χ0) is 20.5. The Labute approximate surface area is 179 Å². The fourth-order valence-electron chi connectivity index (χ4n) is 3.75. The summed E-state index contributed by atoms with van der Waals surface area (Å²) in [6.45, 7) is 0.451. The van der Waals surface area contributed by atoms with E-state index in [-0.39, 0.29) is 0 Å². The van der Waals surface area contributed by atoms with Crippen LogP contribution in [0.2, 0.25) is 5.02 Å². The van der Waals surface area contributed by atoms with Crippen LogP contribution in [0.1, 0.15) is 28.3 Å². The molecule has 3 aromatic carbocycles. The van der Waals surface area contributed by atoms with Crippen LogP contribution in [-0.2, 0) is 13.0 Å². The molecular weight excluding hydrogens is 396 g/mol. The molecule has 0 N–H and O–H groups in total. The van der Waals surface area contributed by atoms with E-state index in [2.05, 4.69) is 26.9 Å². The van der Waals surface area contributed by atoms with E-state index in [0.717, 1.165) is 45.5 Å². The van der Waals surface area contributed by atoms with E-state index in [4.69, 9.17) is 21.3 Å². The van der Waals surface area contributed by atoms with Crippen LogP contribution in [-0.4, -0.2) is 27.6 Å². The lowest BCUT2D eigenvalue weighted by Gasteiger charge is -2.14. The minimum atomic E-state index is 0.451. The predicted octanol–water partition coefficient (Wildman–Crippen LogP) is 4.87. The van der Waals surface area contributed by atoms with E-state index in [1.807, 2.05) is 60.7 Å². The molecule has 5 rings (SSSR count). The quantitative estimate of drug-likeness (QED) is 0.478. The Bertz CT molecular complexity index is 1230. The van der Waals surface area contributed by atoms with Crippen molar-refractivity contribution in [1.82, 2.24) is 14.8 Å². The van der Waals surface area contributed by atoms with Crippen molar-refractivity contribution in [2.24, 2.45) is 4.99 Å². The highest BCUT2D eigenvalue weighted by molar-refractivity contribution is 6.31. The first-order valence-corrected chi connectivity index (χ1v) is 10.1. The fourth-order valence-corrected chi connectivity index (χ4v) is 3.92. The minimum Gasteiger partial charge on any atom is -0.497 e. The summed E-state index contributed by atoms with van der Waals surface area (Å²) >= 11 is 6.37. The Balaban J connectivity index is 1.61. The molecule has 0 saturated carbocycles. The molecule has 148 valence electrons. The molecule has 1 aliphatic heterocycles. The number of rotatable bonds is 4. The molecule has 0 unspecified atom stereocenters. The van der Waals surface area contributed by atoms with Crippen molar-refractivity contribution < 1.29 is 4.74 Å². The first kappa shape index (κ1) is 18.6. The number of halogens is 1. The summed E-state index contributed by atoms with van der Waals surface area (Å²) < 4.78 is 7.37. The van der Waals surface area contributed by atoms with Gasteiger partial charge in [-0.05, 0) is 35.9 Å². The van der Waals surface area contributed by atoms with Crippen molar-refractivity contribution in [3.63, 3.8) is 0 Å². The molecule has 1 aromatic heterocycles. The number of hydrogen-bond donors (Lipinski definition) is 0. The van der Waals surface area contributed by atoms with Crippen LogP contribution < -0.4 is 4.74 Å². The van der Waals surface area contributed by atoms with Gasteiger partial charge in [0.2, 0.25) is 0 Å². The molecule has 1 aliphatic rings. The second-order valence-corrected chi connectivity index (χ2v) is 7.52. The van der Waals surface area contributed by atoms with Crippen LogP contribution in [0.5, 0.6) is 5.75 Å². The van der Waals surface area contributed by atoms with Crippen molar-refractivity contribution >= 4 is 17.3 Å². The largest absolute Gasteiger partial charge is 0.497 e. The Kier molecular flexibility index (Phi) is 4.81. The first-order valence-electron chi connectivity index (χ1n) is 9.69. The van der Waals surface area contributed by atoms with E-state index in [1.165, 1.54) is 0 Å². The first-order chi connectivity index (χ1) is 14.7. The van der Waals surface area contributed by atoms with E-state index in [1.54, 1.807) is 7.11 Å². The van der Waals surface area contributed by atoms with Gasteiger partial charge in [0.15, 0.2) is 5.82 Å². The van der Waals surface area contributed by atoms with Gasteiger partial charge < -0.3 is 4.74 Å². The lowest BCUT2D eigenvalue weighted by molar-refractivity contribution is 0.414. The van der Waals surface area contributed by atoms with Crippen molar-refractivity contribution in [1.29, 1.82) is 0 Å². The Morgan fingerprint density at radius 1 is 0.967 bits per heavy atom. The normalized spacial score (nSPS) is 12.5. The number of fused-ring (bicyclic) bond motifs is 3. The summed E-state index contributed by atoms with van der Waals surface area (Å²) in [5.41, 5.74) is 5.06. The van der Waals surface area contributed by atoms with Crippen LogP contribution in [0.4, 0.5) is 0 Å². The van der Waals surface area contributed by atoms with Gasteiger partial charge in [0.25, 0.3) is 0 Å². The molecule has 4 aromatic rings. The number of benzene rings is 3. The number of hydrogen-bond acceptors (Lipinski definition) is 4. The van der Waals surface area contributed by atoms with Crippen molar-refractivity contribution in [3.8, 4) is 11.4 Å². The lowest BCUT2D eigenvalue weighted by atomic mass is 10.0. The zero-order valence-corrected chi connectivity index (χ0v) is 17.2. The average Bonchev–Trinajstić information content (AvgIpc) is 3.09. The zero-order valence-electron chi connectivity index (χ0n) is 16.4. The van der Waals surface area contributed by atoms with E-state index in [9.17, 15) is 0 Å². The van der Waals surface area contributed by atoms with Gasteiger partial charge in [0.1, 0.15) is 18.1 Å². The Morgan fingerprint density at radius 2 is 1.77 bits per heavy atom. The van der Waals surface area contributed by atoms with Crippen LogP contribution in [0.15, 0.2) is 77.8 Å². The molecule has 6 heteroatoms. The van der Waals surface area contributed by atoms with E-state index >= 15 is 0 Å².